The molecule has 1 N–H and O–H groups in total. The smallest absolute Gasteiger partial charge is 0.221 e. The van der Waals surface area contributed by atoms with Crippen molar-refractivity contribution < 1.29 is 18.7 Å². The molecule has 4 aromatic rings. The molecule has 0 atom stereocenters. The molecule has 6 nitrogen and oxygen atoms in total. The summed E-state index contributed by atoms with van der Waals surface area (Å²) in [5, 5.41) is 3.11. The highest BCUT2D eigenvalue weighted by Gasteiger charge is 2.24. The largest absolute Gasteiger partial charge is 0.453 e. The van der Waals surface area contributed by atoms with Crippen LogP contribution in [-0.2, 0) is 22.6 Å². The first kappa shape index (κ1) is 29.8. The maximum absolute atomic E-state index is 14.8. The maximum atomic E-state index is 14.8. The summed E-state index contributed by atoms with van der Waals surface area (Å²) in [4.78, 5) is 31.8. The van der Waals surface area contributed by atoms with Crippen molar-refractivity contribution in [2.45, 2.75) is 58.9 Å². The van der Waals surface area contributed by atoms with Crippen LogP contribution < -0.4 is 10.1 Å². The lowest BCUT2D eigenvalue weighted by molar-refractivity contribution is -0.118. The highest BCUT2D eigenvalue weighted by atomic mass is 35.5. The van der Waals surface area contributed by atoms with E-state index in [1.165, 1.54) is 17.4 Å². The van der Waals surface area contributed by atoms with E-state index in [-0.39, 0.29) is 23.2 Å². The van der Waals surface area contributed by atoms with Gasteiger partial charge in [0.1, 0.15) is 11.5 Å². The van der Waals surface area contributed by atoms with Crippen LogP contribution in [-0.4, -0.2) is 27.5 Å². The van der Waals surface area contributed by atoms with E-state index in [1.807, 2.05) is 18.3 Å². The molecule has 210 valence electrons. The molecular formula is C31H33ClFN3O3S. The van der Waals surface area contributed by atoms with Crippen LogP contribution in [0.2, 0.25) is 0 Å². The van der Waals surface area contributed by atoms with Crippen LogP contribution in [0, 0.1) is 11.7 Å². The summed E-state index contributed by atoms with van der Waals surface area (Å²) < 4.78 is 21.6. The molecule has 0 aliphatic heterocycles. The summed E-state index contributed by atoms with van der Waals surface area (Å²) in [6.45, 7) is 5.64. The van der Waals surface area contributed by atoms with Gasteiger partial charge in [-0.15, -0.1) is 11.3 Å². The average Bonchev–Trinajstić information content (AvgIpc) is 3.64. The zero-order valence-electron chi connectivity index (χ0n) is 22.7. The number of halogens is 2. The van der Waals surface area contributed by atoms with E-state index in [0.29, 0.717) is 30.1 Å². The first-order chi connectivity index (χ1) is 19.4. The molecular weight excluding hydrogens is 549 g/mol. The number of ketones is 1. The summed E-state index contributed by atoms with van der Waals surface area (Å²) in [5.74, 6) is 0.908. The normalized spacial score (nSPS) is 12.6. The van der Waals surface area contributed by atoms with Gasteiger partial charge in [-0.3, -0.25) is 19.6 Å². The molecule has 1 aliphatic rings. The maximum Gasteiger partial charge on any atom is 0.221 e. The summed E-state index contributed by atoms with van der Waals surface area (Å²) in [7, 11) is 0. The minimum Gasteiger partial charge on any atom is -0.453 e. The average molecular weight is 582 g/mol. The number of carbonyl (C=O) groups is 2. The number of thiophene rings is 1. The molecule has 3 heterocycles. The second-order valence-corrected chi connectivity index (χ2v) is 11.3. The van der Waals surface area contributed by atoms with E-state index in [1.54, 1.807) is 31.3 Å². The highest BCUT2D eigenvalue weighted by molar-refractivity contribution is 7.22. The van der Waals surface area contributed by atoms with Crippen molar-refractivity contribution in [3.8, 4) is 22.1 Å². The van der Waals surface area contributed by atoms with Crippen LogP contribution in [0.1, 0.15) is 57.1 Å². The third kappa shape index (κ3) is 8.65. The first-order valence-corrected chi connectivity index (χ1v) is 14.8. The molecule has 1 fully saturated rings. The Hall–Kier alpha value is -3.20. The quantitative estimate of drug-likeness (QED) is 0.135. The van der Waals surface area contributed by atoms with Gasteiger partial charge in [-0.25, -0.2) is 4.39 Å². The van der Waals surface area contributed by atoms with Crippen LogP contribution >= 0.6 is 22.9 Å². The molecule has 0 bridgehead atoms. The molecule has 0 radical (unpaired) electrons. The molecule has 1 aromatic carbocycles. The van der Waals surface area contributed by atoms with Crippen molar-refractivity contribution in [1.82, 2.24) is 15.3 Å². The summed E-state index contributed by atoms with van der Waals surface area (Å²) in [6, 6.07) is 12.6. The number of benzene rings is 1. The Balaban J connectivity index is 0.000000681. The standard InChI is InChI=1S/C28H28FN3O2S.C3H5ClO/c1-2-10-30-16-20-5-7-23(32-17-20)27-15-24-28(35-27)26(9-11-31-24)34-25-8-6-19(14-22(25)29)13-21(33)12-18-3-4-18;1-2-3(4)5/h5-9,11,14-15,17-18,30H,2-4,10,12-13,16H2,1H3;2H2,1H3. The van der Waals surface area contributed by atoms with Gasteiger partial charge in [0.05, 0.1) is 20.8 Å². The summed E-state index contributed by atoms with van der Waals surface area (Å²) in [6.07, 6.45) is 8.21. The molecule has 1 saturated carbocycles. The van der Waals surface area contributed by atoms with Crippen molar-refractivity contribution in [1.29, 1.82) is 0 Å². The predicted molar refractivity (Wildman–Crippen MR) is 159 cm³/mol. The molecule has 5 rings (SSSR count). The zero-order valence-corrected chi connectivity index (χ0v) is 24.3. The van der Waals surface area contributed by atoms with E-state index in [0.717, 1.165) is 58.7 Å². The number of Topliss-reactive ketones (excluding diaryl/α,β-unsaturated/α-hetero) is 1. The van der Waals surface area contributed by atoms with Crippen LogP contribution in [0.15, 0.2) is 54.9 Å². The van der Waals surface area contributed by atoms with E-state index in [9.17, 15) is 14.0 Å². The van der Waals surface area contributed by atoms with Gasteiger partial charge in [0.2, 0.25) is 5.24 Å². The Morgan fingerprint density at radius 2 is 1.85 bits per heavy atom. The van der Waals surface area contributed by atoms with Gasteiger partial charge < -0.3 is 10.1 Å². The summed E-state index contributed by atoms with van der Waals surface area (Å²) in [5.41, 5.74) is 3.46. The number of fused-ring (bicyclic) bond motifs is 1. The topological polar surface area (TPSA) is 81.2 Å². The van der Waals surface area contributed by atoms with Gasteiger partial charge in [0.25, 0.3) is 0 Å². The molecule has 1 aliphatic carbocycles. The molecule has 0 spiro atoms. The monoisotopic (exact) mass is 581 g/mol. The molecule has 40 heavy (non-hydrogen) atoms. The number of hydrogen-bond acceptors (Lipinski definition) is 7. The SMILES string of the molecule is CCC(=O)Cl.CCCNCc1ccc(-c2cc3nccc(Oc4ccc(CC(=O)CC5CC5)cc4F)c3s2)nc1. The lowest BCUT2D eigenvalue weighted by Gasteiger charge is -2.09. The van der Waals surface area contributed by atoms with Gasteiger partial charge in [-0.05, 0) is 78.7 Å². The van der Waals surface area contributed by atoms with Gasteiger partial charge >= 0.3 is 0 Å². The van der Waals surface area contributed by atoms with E-state index >= 15 is 0 Å². The second kappa shape index (κ2) is 14.4. The Bertz CT molecular complexity index is 1450. The van der Waals surface area contributed by atoms with Gasteiger partial charge in [0, 0.05) is 44.3 Å². The fourth-order valence-corrected chi connectivity index (χ4v) is 5.05. The number of ether oxygens (including phenoxy) is 1. The number of aromatic nitrogens is 2. The highest BCUT2D eigenvalue weighted by Crippen LogP contribution is 2.39. The fraction of sp³-hybridized carbons (Fsp3) is 0.355. The third-order valence-corrected chi connectivity index (χ3v) is 7.75. The van der Waals surface area contributed by atoms with Crippen LogP contribution in [0.4, 0.5) is 4.39 Å². The fourth-order valence-electron chi connectivity index (χ4n) is 4.01. The molecule has 0 amide bonds. The van der Waals surface area contributed by atoms with Crippen molar-refractivity contribution in [2.75, 3.05) is 6.54 Å². The van der Waals surface area contributed by atoms with E-state index < -0.39 is 5.82 Å². The van der Waals surface area contributed by atoms with Gasteiger partial charge in [0.15, 0.2) is 11.6 Å². The predicted octanol–water partition coefficient (Wildman–Crippen LogP) is 7.86. The number of pyridine rings is 2. The number of hydrogen-bond donors (Lipinski definition) is 1. The van der Waals surface area contributed by atoms with Crippen molar-refractivity contribution >= 4 is 44.2 Å². The Morgan fingerprint density at radius 1 is 1.07 bits per heavy atom. The molecule has 0 unspecified atom stereocenters. The molecule has 0 saturated heterocycles. The van der Waals surface area contributed by atoms with Gasteiger partial charge in [-0.1, -0.05) is 26.0 Å². The minimum absolute atomic E-state index is 0.132. The number of nitrogens with one attached hydrogen (secondary N) is 1. The second-order valence-electron chi connectivity index (χ2n) is 9.80. The third-order valence-electron chi connectivity index (χ3n) is 6.32. The lowest BCUT2D eigenvalue weighted by Crippen LogP contribution is -2.13. The van der Waals surface area contributed by atoms with E-state index in [4.69, 9.17) is 16.3 Å². The van der Waals surface area contributed by atoms with Crippen molar-refractivity contribution in [2.24, 2.45) is 5.92 Å². The van der Waals surface area contributed by atoms with Crippen molar-refractivity contribution in [3.05, 3.63) is 71.8 Å². The lowest BCUT2D eigenvalue weighted by atomic mass is 10.0. The van der Waals surface area contributed by atoms with Gasteiger partial charge in [-0.2, -0.15) is 0 Å². The van der Waals surface area contributed by atoms with E-state index in [2.05, 4.69) is 28.3 Å². The zero-order chi connectivity index (χ0) is 28.5. The minimum atomic E-state index is -0.475. The van der Waals surface area contributed by atoms with Crippen molar-refractivity contribution in [3.63, 3.8) is 0 Å². The summed E-state index contributed by atoms with van der Waals surface area (Å²) >= 11 is 6.34. The Morgan fingerprint density at radius 3 is 2.50 bits per heavy atom. The molecule has 9 heteroatoms. The Labute approximate surface area is 243 Å². The van der Waals surface area contributed by atoms with Crippen LogP contribution in [0.3, 0.4) is 0 Å². The first-order valence-electron chi connectivity index (χ1n) is 13.6. The van der Waals surface area contributed by atoms with Crippen LogP contribution in [0.25, 0.3) is 20.8 Å². The van der Waals surface area contributed by atoms with Crippen LogP contribution in [0.5, 0.6) is 11.5 Å². The number of carbonyl (C=O) groups excluding carboxylic acids is 2. The Kier molecular flexibility index (Phi) is 10.7. The number of rotatable bonds is 12. The molecule has 3 aromatic heterocycles. The number of nitrogens with zero attached hydrogens (tertiary/aromatic N) is 2.